The molecule has 9 nitrogen and oxygen atoms in total. The van der Waals surface area contributed by atoms with Crippen LogP contribution in [0.1, 0.15) is 63.3 Å². The SMILES string of the molecule is CC.CC(C)N=C(N)OC(=N)c1ccc2[nH]cc(-c3ncc(CN=O)c(C4CC4)n3)c2c1. The van der Waals surface area contributed by atoms with Crippen LogP contribution in [-0.2, 0) is 11.3 Å². The van der Waals surface area contributed by atoms with Crippen molar-refractivity contribution >= 4 is 22.8 Å². The highest BCUT2D eigenvalue weighted by Crippen LogP contribution is 2.41. The van der Waals surface area contributed by atoms with Crippen LogP contribution in [-0.4, -0.2) is 32.9 Å². The van der Waals surface area contributed by atoms with Crippen LogP contribution < -0.4 is 5.73 Å². The number of H-pyrrole nitrogens is 1. The zero-order valence-electron chi connectivity index (χ0n) is 18.8. The first-order valence-corrected chi connectivity index (χ1v) is 10.8. The van der Waals surface area contributed by atoms with Crippen LogP contribution in [0.5, 0.6) is 0 Å². The number of hydrogen-bond acceptors (Lipinski definition) is 7. The minimum absolute atomic E-state index is 0.0215. The van der Waals surface area contributed by atoms with E-state index < -0.39 is 0 Å². The van der Waals surface area contributed by atoms with Gasteiger partial charge in [0.1, 0.15) is 6.54 Å². The minimum Gasteiger partial charge on any atom is -0.407 e. The first-order valence-electron chi connectivity index (χ1n) is 10.8. The van der Waals surface area contributed by atoms with Crippen molar-refractivity contribution in [2.45, 2.75) is 59.0 Å². The van der Waals surface area contributed by atoms with Crippen molar-refractivity contribution in [2.24, 2.45) is 15.9 Å². The van der Waals surface area contributed by atoms with Crippen LogP contribution in [0.3, 0.4) is 0 Å². The number of benzene rings is 1. The van der Waals surface area contributed by atoms with E-state index in [1.54, 1.807) is 12.3 Å². The van der Waals surface area contributed by atoms with Gasteiger partial charge in [0.15, 0.2) is 5.82 Å². The number of fused-ring (bicyclic) bond motifs is 1. The summed E-state index contributed by atoms with van der Waals surface area (Å²) in [6, 6.07) is 5.43. The van der Waals surface area contributed by atoms with Crippen molar-refractivity contribution < 1.29 is 4.74 Å². The van der Waals surface area contributed by atoms with E-state index in [1.165, 1.54) is 0 Å². The number of aliphatic imine (C=N–C) groups is 1. The molecule has 9 heteroatoms. The lowest BCUT2D eigenvalue weighted by atomic mass is 10.1. The second-order valence-corrected chi connectivity index (χ2v) is 7.62. The van der Waals surface area contributed by atoms with Gasteiger partial charge in [0, 0.05) is 51.9 Å². The molecule has 1 fully saturated rings. The van der Waals surface area contributed by atoms with Crippen LogP contribution in [0.2, 0.25) is 0 Å². The van der Waals surface area contributed by atoms with Gasteiger partial charge >= 0.3 is 0 Å². The summed E-state index contributed by atoms with van der Waals surface area (Å²) in [7, 11) is 0. The zero-order chi connectivity index (χ0) is 23.3. The van der Waals surface area contributed by atoms with E-state index in [0.29, 0.717) is 17.3 Å². The van der Waals surface area contributed by atoms with E-state index in [1.807, 2.05) is 46.0 Å². The predicted octanol–water partition coefficient (Wildman–Crippen LogP) is 4.86. The lowest BCUT2D eigenvalue weighted by Gasteiger charge is -2.09. The topological polar surface area (TPSA) is 142 Å². The molecule has 0 amide bonds. The van der Waals surface area contributed by atoms with Crippen LogP contribution in [0.4, 0.5) is 0 Å². The van der Waals surface area contributed by atoms with E-state index in [2.05, 4.69) is 20.1 Å². The highest BCUT2D eigenvalue weighted by atomic mass is 16.5. The molecule has 1 aliphatic carbocycles. The lowest BCUT2D eigenvalue weighted by molar-refractivity contribution is 0.523. The maximum absolute atomic E-state index is 10.7. The number of nitrogens with two attached hydrogens (primary N) is 1. The first kappa shape index (κ1) is 23.1. The molecule has 2 heterocycles. The number of rotatable bonds is 6. The maximum atomic E-state index is 10.7. The molecule has 1 saturated carbocycles. The summed E-state index contributed by atoms with van der Waals surface area (Å²) in [5, 5.41) is 12.1. The van der Waals surface area contributed by atoms with E-state index in [9.17, 15) is 4.91 Å². The summed E-state index contributed by atoms with van der Waals surface area (Å²) in [4.78, 5) is 27.3. The van der Waals surface area contributed by atoms with Gasteiger partial charge in [-0.15, -0.1) is 0 Å². The van der Waals surface area contributed by atoms with Gasteiger partial charge in [-0.05, 0) is 44.9 Å². The number of aromatic nitrogens is 3. The van der Waals surface area contributed by atoms with Gasteiger partial charge in [-0.3, -0.25) is 5.41 Å². The molecule has 168 valence electrons. The number of nitroso groups, excluding NO2 is 1. The van der Waals surface area contributed by atoms with E-state index in [4.69, 9.17) is 20.9 Å². The summed E-state index contributed by atoms with van der Waals surface area (Å²) in [6.07, 6.45) is 5.66. The Labute approximate surface area is 187 Å². The molecule has 1 aliphatic rings. The fourth-order valence-electron chi connectivity index (χ4n) is 3.34. The Bertz CT molecular complexity index is 1150. The highest BCUT2D eigenvalue weighted by Gasteiger charge is 2.28. The second-order valence-electron chi connectivity index (χ2n) is 7.62. The molecule has 0 bridgehead atoms. The Morgan fingerprint density at radius 1 is 1.34 bits per heavy atom. The van der Waals surface area contributed by atoms with Gasteiger partial charge in [0.25, 0.3) is 6.02 Å². The van der Waals surface area contributed by atoms with Gasteiger partial charge in [-0.25, -0.2) is 15.0 Å². The highest BCUT2D eigenvalue weighted by molar-refractivity contribution is 6.03. The molecule has 4 rings (SSSR count). The molecule has 2 aromatic heterocycles. The van der Waals surface area contributed by atoms with Crippen LogP contribution in [0.25, 0.3) is 22.3 Å². The van der Waals surface area contributed by atoms with E-state index >= 15 is 0 Å². The summed E-state index contributed by atoms with van der Waals surface area (Å²) in [6.45, 7) is 7.84. The van der Waals surface area contributed by atoms with Crippen LogP contribution in [0.15, 0.2) is 40.8 Å². The van der Waals surface area contributed by atoms with Gasteiger partial charge in [-0.2, -0.15) is 4.91 Å². The smallest absolute Gasteiger partial charge is 0.289 e. The third-order valence-electron chi connectivity index (χ3n) is 4.87. The number of aromatic amines is 1. The number of amidine groups is 1. The van der Waals surface area contributed by atoms with Gasteiger partial charge in [-0.1, -0.05) is 19.0 Å². The van der Waals surface area contributed by atoms with Gasteiger partial charge in [0.2, 0.25) is 5.90 Å². The van der Waals surface area contributed by atoms with Crippen molar-refractivity contribution in [1.29, 1.82) is 5.41 Å². The summed E-state index contributed by atoms with van der Waals surface area (Å²) >= 11 is 0. The molecule has 0 unspecified atom stereocenters. The number of hydrogen-bond donors (Lipinski definition) is 3. The molecule has 3 aromatic rings. The Balaban J connectivity index is 0.00000141. The minimum atomic E-state index is -0.0852. The lowest BCUT2D eigenvalue weighted by Crippen LogP contribution is -2.22. The molecule has 0 radical (unpaired) electrons. The van der Waals surface area contributed by atoms with Crippen molar-refractivity contribution in [2.75, 3.05) is 0 Å². The van der Waals surface area contributed by atoms with Crippen molar-refractivity contribution in [3.8, 4) is 11.4 Å². The molecule has 0 atom stereocenters. The summed E-state index contributed by atoms with van der Waals surface area (Å²) < 4.78 is 5.35. The molecule has 0 spiro atoms. The predicted molar refractivity (Wildman–Crippen MR) is 127 cm³/mol. The van der Waals surface area contributed by atoms with E-state index in [0.717, 1.165) is 40.6 Å². The molecule has 0 saturated heterocycles. The largest absolute Gasteiger partial charge is 0.407 e. The Morgan fingerprint density at radius 3 is 2.75 bits per heavy atom. The third kappa shape index (κ3) is 5.16. The van der Waals surface area contributed by atoms with Crippen molar-refractivity contribution in [3.63, 3.8) is 0 Å². The van der Waals surface area contributed by atoms with E-state index in [-0.39, 0.29) is 24.5 Å². The Hall–Kier alpha value is -3.62. The maximum Gasteiger partial charge on any atom is 0.289 e. The van der Waals surface area contributed by atoms with Crippen LogP contribution in [0, 0.1) is 10.3 Å². The average molecular weight is 436 g/mol. The van der Waals surface area contributed by atoms with Crippen molar-refractivity contribution in [3.05, 3.63) is 52.3 Å². The quantitative estimate of drug-likeness (QED) is 0.288. The first-order chi connectivity index (χ1) is 15.5. The molecule has 4 N–H and O–H groups in total. The fourth-order valence-corrected chi connectivity index (χ4v) is 3.34. The molecule has 0 aliphatic heterocycles. The molecular weight excluding hydrogens is 406 g/mol. The second kappa shape index (κ2) is 10.1. The number of nitrogens with one attached hydrogen (secondary N) is 2. The monoisotopic (exact) mass is 435 g/mol. The Kier molecular flexibility index (Phi) is 7.29. The number of nitrogens with zero attached hydrogens (tertiary/aromatic N) is 4. The zero-order valence-corrected chi connectivity index (χ0v) is 18.8. The third-order valence-corrected chi connectivity index (χ3v) is 4.87. The average Bonchev–Trinajstić information content (AvgIpc) is 3.53. The molecular formula is C23H29N7O2. The molecule has 32 heavy (non-hydrogen) atoms. The standard InChI is InChI=1S/C21H23N7O2.C2H6/c1-11(2)27-21(23)30-19(22)13-5-6-17-15(7-13)16(10-24-17)20-25-8-14(9-26-29)18(28-20)12-3-4-12;1-2/h5-8,10-12,22,24H,3-4,9H2,1-2H3,(H2,23,27);1-2H3. The van der Waals surface area contributed by atoms with Gasteiger partial charge in [0.05, 0.1) is 5.69 Å². The fraction of sp³-hybridized carbons (Fsp3) is 0.391. The van der Waals surface area contributed by atoms with Crippen molar-refractivity contribution in [1.82, 2.24) is 15.0 Å². The molecule has 1 aromatic carbocycles. The normalized spacial score (nSPS) is 13.6. The Morgan fingerprint density at radius 2 is 2.09 bits per heavy atom. The van der Waals surface area contributed by atoms with Gasteiger partial charge < -0.3 is 15.5 Å². The van der Waals surface area contributed by atoms with Crippen LogP contribution >= 0.6 is 0 Å². The summed E-state index contributed by atoms with van der Waals surface area (Å²) in [5.74, 6) is 0.857. The number of ether oxygens (including phenoxy) is 1. The summed E-state index contributed by atoms with van der Waals surface area (Å²) in [5.41, 5.74) is 9.70.